The van der Waals surface area contributed by atoms with Crippen molar-refractivity contribution in [3.05, 3.63) is 35.5 Å². The highest BCUT2D eigenvalue weighted by Gasteiger charge is 2.15. The molecule has 1 atom stereocenters. The van der Waals surface area contributed by atoms with Crippen molar-refractivity contribution in [2.75, 3.05) is 6.54 Å². The van der Waals surface area contributed by atoms with E-state index in [-0.39, 0.29) is 6.04 Å². The number of hydrogen-bond acceptors (Lipinski definition) is 4. The lowest BCUT2D eigenvalue weighted by Crippen LogP contribution is -2.23. The molecule has 1 unspecified atom stereocenters. The molecule has 0 amide bonds. The van der Waals surface area contributed by atoms with Crippen LogP contribution in [0.1, 0.15) is 36.4 Å². The summed E-state index contributed by atoms with van der Waals surface area (Å²) in [5, 5.41) is 11.6. The number of aryl methyl sites for hydroxylation is 2. The molecular weight excluding hydrogens is 228 g/mol. The normalized spacial score (nSPS) is 12.8. The molecule has 0 saturated heterocycles. The molecule has 1 N–H and O–H groups in total. The second-order valence-electron chi connectivity index (χ2n) is 4.59. The quantitative estimate of drug-likeness (QED) is 0.849. The van der Waals surface area contributed by atoms with E-state index in [4.69, 9.17) is 4.42 Å². The van der Waals surface area contributed by atoms with Gasteiger partial charge in [0.15, 0.2) is 0 Å². The lowest BCUT2D eigenvalue weighted by atomic mass is 10.1. The summed E-state index contributed by atoms with van der Waals surface area (Å²) in [6, 6.07) is 2.31. The Labute approximate surface area is 107 Å². The van der Waals surface area contributed by atoms with Crippen LogP contribution >= 0.6 is 0 Å². The smallest absolute Gasteiger partial charge is 0.101 e. The zero-order valence-electron chi connectivity index (χ0n) is 11.2. The highest BCUT2D eigenvalue weighted by atomic mass is 16.3. The van der Waals surface area contributed by atoms with Gasteiger partial charge in [-0.1, -0.05) is 12.1 Å². The molecule has 0 aromatic carbocycles. The molecule has 5 heteroatoms. The van der Waals surface area contributed by atoms with Crippen molar-refractivity contribution in [1.82, 2.24) is 20.3 Å². The molecule has 0 aliphatic rings. The molecule has 0 bridgehead atoms. The summed E-state index contributed by atoms with van der Waals surface area (Å²) in [7, 11) is 1.88. The summed E-state index contributed by atoms with van der Waals surface area (Å²) in [5.74, 6) is 0.937. The molecule has 0 aliphatic heterocycles. The fraction of sp³-hybridized carbons (Fsp3) is 0.538. The second kappa shape index (κ2) is 5.82. The Hall–Kier alpha value is -1.62. The van der Waals surface area contributed by atoms with Gasteiger partial charge in [-0.3, -0.25) is 4.68 Å². The molecule has 2 aromatic rings. The van der Waals surface area contributed by atoms with Crippen molar-refractivity contribution in [2.24, 2.45) is 7.05 Å². The summed E-state index contributed by atoms with van der Waals surface area (Å²) in [5.41, 5.74) is 2.16. The largest absolute Gasteiger partial charge is 0.469 e. The van der Waals surface area contributed by atoms with Crippen LogP contribution in [-0.2, 0) is 13.5 Å². The maximum atomic E-state index is 5.39. The minimum absolute atomic E-state index is 0.235. The SMILES string of the molecule is CCCNC(Cc1cn(C)nn1)c1coc(C)c1. The minimum Gasteiger partial charge on any atom is -0.469 e. The van der Waals surface area contributed by atoms with E-state index in [1.165, 1.54) is 5.56 Å². The average molecular weight is 248 g/mol. The Morgan fingerprint density at radius 1 is 1.50 bits per heavy atom. The van der Waals surface area contributed by atoms with Gasteiger partial charge >= 0.3 is 0 Å². The van der Waals surface area contributed by atoms with Crippen LogP contribution in [0.5, 0.6) is 0 Å². The summed E-state index contributed by atoms with van der Waals surface area (Å²) in [6.07, 6.45) is 5.70. The van der Waals surface area contributed by atoms with Gasteiger partial charge in [-0.05, 0) is 26.0 Å². The van der Waals surface area contributed by atoms with Crippen LogP contribution in [0, 0.1) is 6.92 Å². The van der Waals surface area contributed by atoms with Crippen LogP contribution in [-0.4, -0.2) is 21.5 Å². The summed E-state index contributed by atoms with van der Waals surface area (Å²) < 4.78 is 7.12. The average Bonchev–Trinajstić information content (AvgIpc) is 2.93. The lowest BCUT2D eigenvalue weighted by Gasteiger charge is -2.15. The molecule has 2 aromatic heterocycles. The molecule has 0 aliphatic carbocycles. The predicted octanol–water partition coefficient (Wildman–Crippen LogP) is 2.00. The molecule has 0 spiro atoms. The number of rotatable bonds is 6. The van der Waals surface area contributed by atoms with E-state index in [9.17, 15) is 0 Å². The van der Waals surface area contributed by atoms with E-state index < -0.39 is 0 Å². The van der Waals surface area contributed by atoms with Gasteiger partial charge in [0.2, 0.25) is 0 Å². The third kappa shape index (κ3) is 3.20. The van der Waals surface area contributed by atoms with Crippen LogP contribution in [0.3, 0.4) is 0 Å². The zero-order chi connectivity index (χ0) is 13.0. The van der Waals surface area contributed by atoms with E-state index in [0.717, 1.165) is 30.8 Å². The molecule has 2 heterocycles. The fourth-order valence-corrected chi connectivity index (χ4v) is 1.97. The fourth-order valence-electron chi connectivity index (χ4n) is 1.97. The number of aromatic nitrogens is 3. The Balaban J connectivity index is 2.09. The number of nitrogens with one attached hydrogen (secondary N) is 1. The van der Waals surface area contributed by atoms with E-state index >= 15 is 0 Å². The Kier molecular flexibility index (Phi) is 4.15. The van der Waals surface area contributed by atoms with Gasteiger partial charge in [0.1, 0.15) is 5.76 Å². The number of nitrogens with zero attached hydrogens (tertiary/aromatic N) is 3. The molecular formula is C13H20N4O. The topological polar surface area (TPSA) is 55.9 Å². The van der Waals surface area contributed by atoms with E-state index in [1.807, 2.05) is 26.4 Å². The third-order valence-corrected chi connectivity index (χ3v) is 2.86. The highest BCUT2D eigenvalue weighted by Crippen LogP contribution is 2.19. The van der Waals surface area contributed by atoms with Crippen LogP contribution < -0.4 is 5.32 Å². The maximum Gasteiger partial charge on any atom is 0.101 e. The first-order valence-electron chi connectivity index (χ1n) is 6.32. The lowest BCUT2D eigenvalue weighted by molar-refractivity contribution is 0.501. The van der Waals surface area contributed by atoms with Crippen molar-refractivity contribution in [1.29, 1.82) is 0 Å². The van der Waals surface area contributed by atoms with Gasteiger partial charge in [-0.15, -0.1) is 5.10 Å². The van der Waals surface area contributed by atoms with Crippen LogP contribution in [0.25, 0.3) is 0 Å². The van der Waals surface area contributed by atoms with Crippen LogP contribution in [0.15, 0.2) is 22.9 Å². The number of furan rings is 1. The van der Waals surface area contributed by atoms with Crippen LogP contribution in [0.2, 0.25) is 0 Å². The maximum absolute atomic E-state index is 5.39. The Bertz CT molecular complexity index is 489. The molecule has 5 nitrogen and oxygen atoms in total. The molecule has 0 saturated carbocycles. The summed E-state index contributed by atoms with van der Waals surface area (Å²) >= 11 is 0. The van der Waals surface area contributed by atoms with E-state index in [1.54, 1.807) is 4.68 Å². The zero-order valence-corrected chi connectivity index (χ0v) is 11.2. The first kappa shape index (κ1) is 12.8. The van der Waals surface area contributed by atoms with Crippen molar-refractivity contribution in [2.45, 2.75) is 32.7 Å². The van der Waals surface area contributed by atoms with Crippen LogP contribution in [0.4, 0.5) is 0 Å². The monoisotopic (exact) mass is 248 g/mol. The standard InChI is InChI=1S/C13H20N4O/c1-4-5-14-13(11-6-10(2)18-9-11)7-12-8-17(3)16-15-12/h6,8-9,13-14H,4-5,7H2,1-3H3. The molecule has 98 valence electrons. The summed E-state index contributed by atoms with van der Waals surface area (Å²) in [4.78, 5) is 0. The first-order valence-corrected chi connectivity index (χ1v) is 6.32. The second-order valence-corrected chi connectivity index (χ2v) is 4.59. The number of hydrogen-bond donors (Lipinski definition) is 1. The van der Waals surface area contributed by atoms with Crippen molar-refractivity contribution >= 4 is 0 Å². The van der Waals surface area contributed by atoms with Crippen molar-refractivity contribution in [3.8, 4) is 0 Å². The molecule has 2 rings (SSSR count). The minimum atomic E-state index is 0.235. The van der Waals surface area contributed by atoms with Gasteiger partial charge < -0.3 is 9.73 Å². The first-order chi connectivity index (χ1) is 8.69. The van der Waals surface area contributed by atoms with Crippen molar-refractivity contribution in [3.63, 3.8) is 0 Å². The van der Waals surface area contributed by atoms with Gasteiger partial charge in [-0.2, -0.15) is 0 Å². The Morgan fingerprint density at radius 2 is 2.33 bits per heavy atom. The predicted molar refractivity (Wildman–Crippen MR) is 69.2 cm³/mol. The van der Waals surface area contributed by atoms with Gasteiger partial charge in [0.05, 0.1) is 12.0 Å². The highest BCUT2D eigenvalue weighted by molar-refractivity contribution is 5.18. The van der Waals surface area contributed by atoms with E-state index in [0.29, 0.717) is 0 Å². The van der Waals surface area contributed by atoms with Gasteiger partial charge in [0.25, 0.3) is 0 Å². The third-order valence-electron chi connectivity index (χ3n) is 2.86. The molecule has 18 heavy (non-hydrogen) atoms. The van der Waals surface area contributed by atoms with Crippen molar-refractivity contribution < 1.29 is 4.42 Å². The van der Waals surface area contributed by atoms with Gasteiger partial charge in [-0.25, -0.2) is 0 Å². The molecule has 0 fully saturated rings. The summed E-state index contributed by atoms with van der Waals surface area (Å²) in [6.45, 7) is 5.10. The van der Waals surface area contributed by atoms with Gasteiger partial charge in [0, 0.05) is 31.3 Å². The van der Waals surface area contributed by atoms with E-state index in [2.05, 4.69) is 28.6 Å². The molecule has 0 radical (unpaired) electrons. The Morgan fingerprint density at radius 3 is 2.89 bits per heavy atom.